The number of likely N-dealkylation sites (N-methyl/N-ethyl adjacent to an activating group) is 1. The van der Waals surface area contributed by atoms with E-state index in [0.717, 1.165) is 34.6 Å². The molecule has 0 spiro atoms. The summed E-state index contributed by atoms with van der Waals surface area (Å²) in [5.74, 6) is 0.430. The van der Waals surface area contributed by atoms with Crippen LogP contribution in [0.15, 0.2) is 47.9 Å². The fourth-order valence-electron chi connectivity index (χ4n) is 3.90. The number of rotatable bonds is 6. The third kappa shape index (κ3) is 4.61. The van der Waals surface area contributed by atoms with Crippen LogP contribution in [0.5, 0.6) is 0 Å². The van der Waals surface area contributed by atoms with E-state index in [2.05, 4.69) is 4.98 Å². The van der Waals surface area contributed by atoms with Crippen LogP contribution in [0.3, 0.4) is 0 Å². The SMILES string of the molecule is CN(C(=O)Cn1c(SCc2cccc(F)c2)nc2ccncc21)C1CCCCC1. The first-order chi connectivity index (χ1) is 14.1. The van der Waals surface area contributed by atoms with Gasteiger partial charge in [-0.1, -0.05) is 43.2 Å². The minimum absolute atomic E-state index is 0.0904. The van der Waals surface area contributed by atoms with Crippen LogP contribution in [0.2, 0.25) is 0 Å². The van der Waals surface area contributed by atoms with Gasteiger partial charge in [0.2, 0.25) is 5.91 Å². The van der Waals surface area contributed by atoms with E-state index in [0.29, 0.717) is 11.8 Å². The first kappa shape index (κ1) is 19.9. The van der Waals surface area contributed by atoms with Crippen molar-refractivity contribution in [1.29, 1.82) is 0 Å². The zero-order valence-electron chi connectivity index (χ0n) is 16.6. The molecule has 2 aromatic heterocycles. The van der Waals surface area contributed by atoms with Crippen LogP contribution >= 0.6 is 11.8 Å². The molecule has 0 unspecified atom stereocenters. The Morgan fingerprint density at radius 3 is 2.90 bits per heavy atom. The Morgan fingerprint density at radius 2 is 2.10 bits per heavy atom. The van der Waals surface area contributed by atoms with Gasteiger partial charge >= 0.3 is 0 Å². The lowest BCUT2D eigenvalue weighted by molar-refractivity contribution is -0.133. The highest BCUT2D eigenvalue weighted by molar-refractivity contribution is 7.98. The summed E-state index contributed by atoms with van der Waals surface area (Å²) in [7, 11) is 1.91. The fourth-order valence-corrected chi connectivity index (χ4v) is 4.86. The van der Waals surface area contributed by atoms with Crippen molar-refractivity contribution in [2.75, 3.05) is 7.05 Å². The van der Waals surface area contributed by atoms with Crippen molar-refractivity contribution in [3.63, 3.8) is 0 Å². The van der Waals surface area contributed by atoms with Gasteiger partial charge in [-0.3, -0.25) is 9.78 Å². The van der Waals surface area contributed by atoms with Crippen molar-refractivity contribution >= 4 is 28.7 Å². The van der Waals surface area contributed by atoms with Gasteiger partial charge in [-0.2, -0.15) is 0 Å². The predicted molar refractivity (Wildman–Crippen MR) is 113 cm³/mol. The highest BCUT2D eigenvalue weighted by Gasteiger charge is 2.23. The first-order valence-electron chi connectivity index (χ1n) is 10.0. The number of halogens is 1. The second-order valence-corrected chi connectivity index (χ2v) is 8.50. The lowest BCUT2D eigenvalue weighted by Crippen LogP contribution is -2.40. The average Bonchev–Trinajstić information content (AvgIpc) is 3.10. The van der Waals surface area contributed by atoms with Crippen LogP contribution in [0, 0.1) is 5.82 Å². The number of nitrogens with zero attached hydrogens (tertiary/aromatic N) is 4. The molecule has 1 aromatic carbocycles. The van der Waals surface area contributed by atoms with E-state index in [1.54, 1.807) is 18.5 Å². The Kier molecular flexibility index (Phi) is 6.13. The van der Waals surface area contributed by atoms with Gasteiger partial charge in [0.15, 0.2) is 5.16 Å². The van der Waals surface area contributed by atoms with Crippen molar-refractivity contribution in [2.24, 2.45) is 0 Å². The topological polar surface area (TPSA) is 51.0 Å². The summed E-state index contributed by atoms with van der Waals surface area (Å²) in [6.07, 6.45) is 9.26. The molecule has 0 aliphatic heterocycles. The maximum Gasteiger partial charge on any atom is 0.242 e. The Morgan fingerprint density at radius 1 is 1.28 bits per heavy atom. The number of thioether (sulfide) groups is 1. The number of imidazole rings is 1. The van der Waals surface area contributed by atoms with E-state index in [4.69, 9.17) is 4.98 Å². The highest BCUT2D eigenvalue weighted by atomic mass is 32.2. The van der Waals surface area contributed by atoms with E-state index in [9.17, 15) is 9.18 Å². The Labute approximate surface area is 174 Å². The predicted octanol–water partition coefficient (Wildman–Crippen LogP) is 4.65. The van der Waals surface area contributed by atoms with E-state index < -0.39 is 0 Å². The summed E-state index contributed by atoms with van der Waals surface area (Å²) >= 11 is 1.51. The molecule has 1 aliphatic rings. The van der Waals surface area contributed by atoms with Gasteiger partial charge in [0.1, 0.15) is 12.4 Å². The maximum atomic E-state index is 13.5. The summed E-state index contributed by atoms with van der Waals surface area (Å²) in [5, 5.41) is 0.752. The molecular weight excluding hydrogens is 387 g/mol. The molecule has 0 N–H and O–H groups in total. The summed E-state index contributed by atoms with van der Waals surface area (Å²) in [5.41, 5.74) is 2.55. The molecule has 1 aliphatic carbocycles. The number of fused-ring (bicyclic) bond motifs is 1. The molecule has 1 amide bonds. The number of carbonyl (C=O) groups is 1. The number of hydrogen-bond acceptors (Lipinski definition) is 4. The molecular formula is C22H25FN4OS. The van der Waals surface area contributed by atoms with E-state index >= 15 is 0 Å². The molecule has 4 rings (SSSR count). The van der Waals surface area contributed by atoms with Crippen LogP contribution in [0.4, 0.5) is 4.39 Å². The number of hydrogen-bond donors (Lipinski definition) is 0. The van der Waals surface area contributed by atoms with Crippen LogP contribution in [0.1, 0.15) is 37.7 Å². The quantitative estimate of drug-likeness (QED) is 0.553. The molecule has 0 radical (unpaired) electrons. The summed E-state index contributed by atoms with van der Waals surface area (Å²) < 4.78 is 15.4. The third-order valence-electron chi connectivity index (χ3n) is 5.58. The number of pyridine rings is 1. The molecule has 1 saturated carbocycles. The van der Waals surface area contributed by atoms with Gasteiger partial charge in [-0.25, -0.2) is 9.37 Å². The van der Waals surface area contributed by atoms with Gasteiger partial charge < -0.3 is 9.47 Å². The minimum atomic E-state index is -0.245. The molecule has 0 saturated heterocycles. The highest BCUT2D eigenvalue weighted by Crippen LogP contribution is 2.27. The maximum absolute atomic E-state index is 13.5. The average molecular weight is 413 g/mol. The molecule has 0 atom stereocenters. The van der Waals surface area contributed by atoms with E-state index in [1.807, 2.05) is 28.6 Å². The zero-order chi connectivity index (χ0) is 20.2. The minimum Gasteiger partial charge on any atom is -0.341 e. The summed E-state index contributed by atoms with van der Waals surface area (Å²) in [6.45, 7) is 0.237. The number of benzene rings is 1. The lowest BCUT2D eigenvalue weighted by atomic mass is 9.94. The molecule has 1 fully saturated rings. The van der Waals surface area contributed by atoms with Crippen molar-refractivity contribution in [2.45, 2.75) is 55.6 Å². The van der Waals surface area contributed by atoms with Gasteiger partial charge in [-0.05, 0) is 36.6 Å². The zero-order valence-corrected chi connectivity index (χ0v) is 17.4. The number of carbonyl (C=O) groups excluding carboxylic acids is 1. The lowest BCUT2D eigenvalue weighted by Gasteiger charge is -2.31. The van der Waals surface area contributed by atoms with Gasteiger partial charge in [-0.15, -0.1) is 0 Å². The number of amides is 1. The van der Waals surface area contributed by atoms with Gasteiger partial charge in [0.25, 0.3) is 0 Å². The van der Waals surface area contributed by atoms with Crippen LogP contribution in [-0.2, 0) is 17.1 Å². The van der Waals surface area contributed by atoms with Crippen LogP contribution < -0.4 is 0 Å². The second-order valence-electron chi connectivity index (χ2n) is 7.56. The molecule has 29 heavy (non-hydrogen) atoms. The smallest absolute Gasteiger partial charge is 0.242 e. The monoisotopic (exact) mass is 412 g/mol. The van der Waals surface area contributed by atoms with E-state index in [1.165, 1.54) is 43.2 Å². The second kappa shape index (κ2) is 8.95. The number of aromatic nitrogens is 3. The molecule has 5 nitrogen and oxygen atoms in total. The van der Waals surface area contributed by atoms with Crippen LogP contribution in [0.25, 0.3) is 11.0 Å². The van der Waals surface area contributed by atoms with Gasteiger partial charge in [0, 0.05) is 25.0 Å². The van der Waals surface area contributed by atoms with Crippen molar-refractivity contribution in [3.05, 3.63) is 54.1 Å². The Balaban J connectivity index is 1.55. The van der Waals surface area contributed by atoms with Crippen molar-refractivity contribution in [1.82, 2.24) is 19.4 Å². The van der Waals surface area contributed by atoms with E-state index in [-0.39, 0.29) is 18.3 Å². The molecule has 0 bridgehead atoms. The molecule has 2 heterocycles. The molecule has 3 aromatic rings. The Bertz CT molecular complexity index is 999. The molecule has 152 valence electrons. The van der Waals surface area contributed by atoms with Crippen molar-refractivity contribution in [3.8, 4) is 0 Å². The molecule has 7 heteroatoms. The Hall–Kier alpha value is -2.41. The fraction of sp³-hybridized carbons (Fsp3) is 0.409. The van der Waals surface area contributed by atoms with Crippen molar-refractivity contribution < 1.29 is 9.18 Å². The normalized spacial score (nSPS) is 15.0. The third-order valence-corrected chi connectivity index (χ3v) is 6.63. The summed E-state index contributed by atoms with van der Waals surface area (Å²) in [4.78, 5) is 23.8. The van der Waals surface area contributed by atoms with Crippen LogP contribution in [-0.4, -0.2) is 38.4 Å². The summed E-state index contributed by atoms with van der Waals surface area (Å²) in [6, 6.07) is 8.76. The van der Waals surface area contributed by atoms with Gasteiger partial charge in [0.05, 0.1) is 17.2 Å². The largest absolute Gasteiger partial charge is 0.341 e. The standard InChI is InChI=1S/C22H25FN4OS/c1-26(18-8-3-2-4-9-18)21(28)14-27-20-13-24-11-10-19(20)25-22(27)29-15-16-6-5-7-17(23)12-16/h5-7,10-13,18H,2-4,8-9,14-15H2,1H3. The first-order valence-corrected chi connectivity index (χ1v) is 11.0.